The summed E-state index contributed by atoms with van der Waals surface area (Å²) in [7, 11) is -4.02. The molecule has 28 heavy (non-hydrogen) atoms. The zero-order chi connectivity index (χ0) is 21.3. The predicted molar refractivity (Wildman–Crippen MR) is 118 cm³/mol. The van der Waals surface area contributed by atoms with Crippen molar-refractivity contribution in [3.05, 3.63) is 41.5 Å². The largest absolute Gasteiger partial charge is 0.396 e. The van der Waals surface area contributed by atoms with Crippen molar-refractivity contribution in [3.63, 3.8) is 0 Å². The van der Waals surface area contributed by atoms with Crippen LogP contribution in [-0.2, 0) is 10.1 Å². The van der Waals surface area contributed by atoms with Gasteiger partial charge in [0, 0.05) is 6.61 Å². The Labute approximate surface area is 172 Å². The van der Waals surface area contributed by atoms with Gasteiger partial charge in [0.15, 0.2) is 0 Å². The lowest BCUT2D eigenvalue weighted by molar-refractivity contribution is 0.297. The molecule has 0 aliphatic rings. The van der Waals surface area contributed by atoms with Crippen LogP contribution in [0.15, 0.2) is 40.8 Å². The maximum absolute atomic E-state index is 10.5. The molecule has 0 spiro atoms. The van der Waals surface area contributed by atoms with Crippen molar-refractivity contribution in [1.29, 1.82) is 0 Å². The van der Waals surface area contributed by atoms with Crippen LogP contribution in [-0.4, -0.2) is 24.7 Å². The Morgan fingerprint density at radius 1 is 0.893 bits per heavy atom. The summed E-state index contributed by atoms with van der Waals surface area (Å²) >= 11 is 0. The molecule has 0 aromatic heterocycles. The first-order valence-electron chi connectivity index (χ1n) is 10.7. The second-order valence-electron chi connectivity index (χ2n) is 7.28. The van der Waals surface area contributed by atoms with Gasteiger partial charge >= 0.3 is 0 Å². The molecule has 0 amide bonds. The molecule has 0 fully saturated rings. The lowest BCUT2D eigenvalue weighted by Crippen LogP contribution is -1.96. The van der Waals surface area contributed by atoms with Crippen LogP contribution in [0.3, 0.4) is 0 Å². The number of benzene rings is 1. The number of aliphatic hydroxyl groups is 1. The second-order valence-corrected chi connectivity index (χ2v) is 8.71. The number of allylic oxidation sites excluding steroid dienone is 1. The molecule has 0 aliphatic carbocycles. The maximum Gasteiger partial charge on any atom is 0.294 e. The standard InChI is InChI=1S/C16H32O.C7H8O3S/c1-3-5-7-9-11-13-16(14-15-17)12-10-8-6-4-2;1-6-2-4-7(5-3-6)11(8,9)10/h13,17H,3-12,14-15H2,1-2H3;2-5H,1H3,(H,8,9,10). The Bertz CT molecular complexity index is 619. The Kier molecular flexibility index (Phi) is 16.1. The second kappa shape index (κ2) is 16.8. The van der Waals surface area contributed by atoms with Crippen LogP contribution < -0.4 is 0 Å². The van der Waals surface area contributed by atoms with E-state index in [0.29, 0.717) is 6.61 Å². The summed E-state index contributed by atoms with van der Waals surface area (Å²) in [4.78, 5) is -0.0666. The van der Waals surface area contributed by atoms with Gasteiger partial charge in [0.2, 0.25) is 0 Å². The molecular weight excluding hydrogens is 372 g/mol. The fourth-order valence-electron chi connectivity index (χ4n) is 2.84. The minimum Gasteiger partial charge on any atom is -0.396 e. The average Bonchev–Trinajstić information content (AvgIpc) is 2.65. The third-order valence-corrected chi connectivity index (χ3v) is 5.46. The number of hydrogen-bond donors (Lipinski definition) is 2. The van der Waals surface area contributed by atoms with Gasteiger partial charge < -0.3 is 5.11 Å². The molecule has 0 unspecified atom stereocenters. The van der Waals surface area contributed by atoms with Crippen LogP contribution in [0.1, 0.15) is 90.0 Å². The van der Waals surface area contributed by atoms with Crippen molar-refractivity contribution in [2.75, 3.05) is 6.61 Å². The van der Waals surface area contributed by atoms with Gasteiger partial charge in [-0.25, -0.2) is 0 Å². The molecule has 1 aromatic carbocycles. The fourth-order valence-corrected chi connectivity index (χ4v) is 3.32. The van der Waals surface area contributed by atoms with Crippen molar-refractivity contribution in [2.24, 2.45) is 0 Å². The van der Waals surface area contributed by atoms with E-state index >= 15 is 0 Å². The van der Waals surface area contributed by atoms with Crippen LogP contribution in [0.4, 0.5) is 0 Å². The molecule has 1 aromatic rings. The van der Waals surface area contributed by atoms with E-state index in [-0.39, 0.29) is 4.90 Å². The zero-order valence-corrected chi connectivity index (χ0v) is 18.8. The van der Waals surface area contributed by atoms with Crippen LogP contribution in [0, 0.1) is 6.92 Å². The van der Waals surface area contributed by atoms with E-state index in [4.69, 9.17) is 9.66 Å². The van der Waals surface area contributed by atoms with Crippen LogP contribution in [0.2, 0.25) is 0 Å². The minimum atomic E-state index is -4.02. The molecule has 5 heteroatoms. The lowest BCUT2D eigenvalue weighted by Gasteiger charge is -2.06. The maximum atomic E-state index is 10.5. The molecule has 0 bridgehead atoms. The molecule has 0 heterocycles. The highest BCUT2D eigenvalue weighted by molar-refractivity contribution is 7.85. The molecule has 0 saturated heterocycles. The van der Waals surface area contributed by atoms with Crippen molar-refractivity contribution >= 4 is 10.1 Å². The summed E-state index contributed by atoms with van der Waals surface area (Å²) in [6, 6.07) is 5.99. The van der Waals surface area contributed by atoms with Gasteiger partial charge in [-0.1, -0.05) is 81.7 Å². The van der Waals surface area contributed by atoms with Crippen molar-refractivity contribution in [3.8, 4) is 0 Å². The first-order valence-corrected chi connectivity index (χ1v) is 12.1. The highest BCUT2D eigenvalue weighted by Gasteiger charge is 2.06. The van der Waals surface area contributed by atoms with Gasteiger partial charge in [-0.05, 0) is 51.2 Å². The van der Waals surface area contributed by atoms with Gasteiger partial charge in [-0.15, -0.1) is 0 Å². The Hall–Kier alpha value is -1.17. The highest BCUT2D eigenvalue weighted by Crippen LogP contribution is 2.15. The van der Waals surface area contributed by atoms with E-state index < -0.39 is 10.1 Å². The van der Waals surface area contributed by atoms with Crippen molar-refractivity contribution < 1.29 is 18.1 Å². The number of aliphatic hydroxyl groups excluding tert-OH is 1. The van der Waals surface area contributed by atoms with Gasteiger partial charge in [-0.2, -0.15) is 8.42 Å². The molecule has 0 saturated carbocycles. The number of aryl methyl sites for hydroxylation is 1. The van der Waals surface area contributed by atoms with Gasteiger partial charge in [0.1, 0.15) is 0 Å². The quantitative estimate of drug-likeness (QED) is 0.221. The lowest BCUT2D eigenvalue weighted by atomic mass is 10.0. The summed E-state index contributed by atoms with van der Waals surface area (Å²) in [6.45, 7) is 6.65. The van der Waals surface area contributed by atoms with Crippen molar-refractivity contribution in [2.45, 2.75) is 96.3 Å². The summed E-state index contributed by atoms with van der Waals surface area (Å²) < 4.78 is 29.6. The first kappa shape index (κ1) is 26.8. The van der Waals surface area contributed by atoms with Crippen LogP contribution >= 0.6 is 0 Å². The third kappa shape index (κ3) is 14.8. The highest BCUT2D eigenvalue weighted by atomic mass is 32.2. The monoisotopic (exact) mass is 412 g/mol. The average molecular weight is 413 g/mol. The summed E-state index contributed by atoms with van der Waals surface area (Å²) in [5.41, 5.74) is 2.44. The van der Waals surface area contributed by atoms with E-state index in [1.165, 1.54) is 81.9 Å². The van der Waals surface area contributed by atoms with Gasteiger partial charge in [0.25, 0.3) is 10.1 Å². The van der Waals surface area contributed by atoms with Crippen LogP contribution in [0.5, 0.6) is 0 Å². The molecule has 0 atom stereocenters. The van der Waals surface area contributed by atoms with E-state index in [0.717, 1.165) is 12.0 Å². The summed E-state index contributed by atoms with van der Waals surface area (Å²) in [5.74, 6) is 0. The Balaban J connectivity index is 0.000000567. The summed E-state index contributed by atoms with van der Waals surface area (Å²) in [5, 5.41) is 9.04. The Morgan fingerprint density at radius 2 is 1.46 bits per heavy atom. The zero-order valence-electron chi connectivity index (χ0n) is 18.0. The molecule has 4 nitrogen and oxygen atoms in total. The fraction of sp³-hybridized carbons (Fsp3) is 0.652. The minimum absolute atomic E-state index is 0.0666. The molecule has 1 rings (SSSR count). The van der Waals surface area contributed by atoms with E-state index in [2.05, 4.69) is 19.9 Å². The van der Waals surface area contributed by atoms with Crippen molar-refractivity contribution in [1.82, 2.24) is 0 Å². The number of hydrogen-bond acceptors (Lipinski definition) is 3. The molecule has 162 valence electrons. The SMILES string of the molecule is CCCCCCC=C(CCO)CCCCCC.Cc1ccc(S(=O)(=O)O)cc1. The topological polar surface area (TPSA) is 74.6 Å². The normalized spacial score (nSPS) is 11.8. The number of rotatable bonds is 13. The number of unbranched alkanes of at least 4 members (excludes halogenated alkanes) is 7. The van der Waals surface area contributed by atoms with E-state index in [9.17, 15) is 8.42 Å². The van der Waals surface area contributed by atoms with Gasteiger partial charge in [-0.3, -0.25) is 4.55 Å². The van der Waals surface area contributed by atoms with Crippen LogP contribution in [0.25, 0.3) is 0 Å². The van der Waals surface area contributed by atoms with Gasteiger partial charge in [0.05, 0.1) is 4.90 Å². The molecule has 2 N–H and O–H groups in total. The third-order valence-electron chi connectivity index (χ3n) is 4.59. The predicted octanol–water partition coefficient (Wildman–Crippen LogP) is 6.48. The molecule has 0 aliphatic heterocycles. The first-order chi connectivity index (χ1) is 13.3. The smallest absolute Gasteiger partial charge is 0.294 e. The molecular formula is C23H40O4S. The summed E-state index contributed by atoms with van der Waals surface area (Å²) in [6.07, 6.45) is 16.3. The molecule has 0 radical (unpaired) electrons. The Morgan fingerprint density at radius 3 is 1.96 bits per heavy atom. The van der Waals surface area contributed by atoms with E-state index in [1.807, 2.05) is 6.92 Å². The van der Waals surface area contributed by atoms with E-state index in [1.54, 1.807) is 12.1 Å².